The van der Waals surface area contributed by atoms with Gasteiger partial charge in [0.05, 0.1) is 11.1 Å². The summed E-state index contributed by atoms with van der Waals surface area (Å²) < 4.78 is 1.21. The van der Waals surface area contributed by atoms with E-state index in [2.05, 4.69) is 25.8 Å². The predicted molar refractivity (Wildman–Crippen MR) is 97.7 cm³/mol. The number of benzene rings is 2. The second kappa shape index (κ2) is 6.45. The molecule has 2 aromatic heterocycles. The monoisotopic (exact) mass is 364 g/mol. The summed E-state index contributed by atoms with van der Waals surface area (Å²) in [7, 11) is 0. The highest BCUT2D eigenvalue weighted by Gasteiger charge is 2.11. The van der Waals surface area contributed by atoms with Crippen LogP contribution in [0, 0.1) is 6.92 Å². The summed E-state index contributed by atoms with van der Waals surface area (Å²) >= 11 is 1.30. The lowest BCUT2D eigenvalue weighted by Crippen LogP contribution is -2.22. The lowest BCUT2D eigenvalue weighted by Gasteiger charge is -2.06. The molecular formula is C17H12N6O2S. The van der Waals surface area contributed by atoms with Gasteiger partial charge in [-0.25, -0.2) is 0 Å². The first-order valence-corrected chi connectivity index (χ1v) is 8.50. The quantitative estimate of drug-likeness (QED) is 0.598. The number of aryl methyl sites for hydroxylation is 1. The molecule has 0 aliphatic heterocycles. The van der Waals surface area contributed by atoms with E-state index < -0.39 is 0 Å². The Morgan fingerprint density at radius 3 is 2.54 bits per heavy atom. The zero-order chi connectivity index (χ0) is 18.1. The molecule has 2 aromatic carbocycles. The van der Waals surface area contributed by atoms with Crippen molar-refractivity contribution in [2.75, 3.05) is 5.32 Å². The van der Waals surface area contributed by atoms with Gasteiger partial charge in [0.25, 0.3) is 11.5 Å². The highest BCUT2D eigenvalue weighted by molar-refractivity contribution is 7.15. The number of nitrogens with zero attached hydrogens (tertiary/aromatic N) is 5. The zero-order valence-corrected chi connectivity index (χ0v) is 14.4. The molecule has 1 amide bonds. The number of carbonyl (C=O) groups excluding carboxylic acids is 1. The predicted octanol–water partition coefficient (Wildman–Crippen LogP) is 2.19. The van der Waals surface area contributed by atoms with Crippen LogP contribution >= 0.6 is 11.3 Å². The van der Waals surface area contributed by atoms with E-state index in [0.29, 0.717) is 27.3 Å². The van der Waals surface area contributed by atoms with Crippen molar-refractivity contribution in [2.45, 2.75) is 6.92 Å². The lowest BCUT2D eigenvalue weighted by atomic mass is 10.2. The molecule has 26 heavy (non-hydrogen) atoms. The normalized spacial score (nSPS) is 10.8. The third-order valence-electron chi connectivity index (χ3n) is 3.69. The summed E-state index contributed by atoms with van der Waals surface area (Å²) in [5, 5.41) is 20.1. The number of aromatic nitrogens is 5. The molecule has 4 rings (SSSR count). The number of fused-ring (bicyclic) bond motifs is 1. The molecular weight excluding hydrogens is 352 g/mol. The van der Waals surface area contributed by atoms with Gasteiger partial charge in [-0.3, -0.25) is 14.9 Å². The summed E-state index contributed by atoms with van der Waals surface area (Å²) in [6, 6.07) is 13.5. The molecule has 0 spiro atoms. The van der Waals surface area contributed by atoms with E-state index >= 15 is 0 Å². The summed E-state index contributed by atoms with van der Waals surface area (Å²) in [6.07, 6.45) is 0. The van der Waals surface area contributed by atoms with Gasteiger partial charge in [-0.1, -0.05) is 28.7 Å². The number of hydrogen-bond donors (Lipinski definition) is 1. The molecule has 0 bridgehead atoms. The van der Waals surface area contributed by atoms with E-state index in [9.17, 15) is 9.59 Å². The summed E-state index contributed by atoms with van der Waals surface area (Å²) in [5.74, 6) is -0.301. The first-order valence-electron chi connectivity index (χ1n) is 7.68. The molecule has 0 aliphatic rings. The minimum atomic E-state index is -0.301. The van der Waals surface area contributed by atoms with Gasteiger partial charge in [-0.15, -0.1) is 15.3 Å². The molecule has 0 saturated heterocycles. The molecule has 9 heteroatoms. The molecule has 0 atom stereocenters. The molecule has 8 nitrogen and oxygen atoms in total. The molecule has 0 fully saturated rings. The second-order valence-electron chi connectivity index (χ2n) is 5.45. The molecule has 2 heterocycles. The maximum Gasteiger partial charge on any atom is 0.282 e. The molecule has 4 aromatic rings. The molecule has 0 radical (unpaired) electrons. The Morgan fingerprint density at radius 2 is 1.81 bits per heavy atom. The van der Waals surface area contributed by atoms with Gasteiger partial charge in [-0.05, 0) is 43.3 Å². The van der Waals surface area contributed by atoms with Crippen LogP contribution < -0.4 is 10.9 Å². The summed E-state index contributed by atoms with van der Waals surface area (Å²) in [6.45, 7) is 1.81. The number of anilines is 1. The topological polar surface area (TPSA) is 103 Å². The molecule has 0 saturated carbocycles. The van der Waals surface area contributed by atoms with Crippen molar-refractivity contribution in [3.05, 3.63) is 69.5 Å². The van der Waals surface area contributed by atoms with Crippen LogP contribution in [-0.2, 0) is 0 Å². The van der Waals surface area contributed by atoms with Crippen molar-refractivity contribution in [3.63, 3.8) is 0 Å². The number of amides is 1. The van der Waals surface area contributed by atoms with E-state index in [-0.39, 0.29) is 11.5 Å². The van der Waals surface area contributed by atoms with Gasteiger partial charge in [0, 0.05) is 5.56 Å². The lowest BCUT2D eigenvalue weighted by molar-refractivity contribution is 0.102. The van der Waals surface area contributed by atoms with Gasteiger partial charge in [0.2, 0.25) is 5.13 Å². The fourth-order valence-electron chi connectivity index (χ4n) is 2.43. The van der Waals surface area contributed by atoms with Crippen LogP contribution in [0.5, 0.6) is 0 Å². The number of carbonyl (C=O) groups is 1. The second-order valence-corrected chi connectivity index (χ2v) is 6.63. The highest BCUT2D eigenvalue weighted by Crippen LogP contribution is 2.16. The first-order chi connectivity index (χ1) is 12.6. The van der Waals surface area contributed by atoms with E-state index in [1.165, 1.54) is 16.0 Å². The van der Waals surface area contributed by atoms with Gasteiger partial charge >= 0.3 is 0 Å². The Bertz CT molecular complexity index is 1170. The van der Waals surface area contributed by atoms with Crippen LogP contribution in [0.15, 0.2) is 53.3 Å². The van der Waals surface area contributed by atoms with Crippen molar-refractivity contribution in [1.82, 2.24) is 25.2 Å². The zero-order valence-electron chi connectivity index (χ0n) is 13.6. The number of rotatable bonds is 3. The van der Waals surface area contributed by atoms with Gasteiger partial charge < -0.3 is 0 Å². The van der Waals surface area contributed by atoms with Crippen molar-refractivity contribution in [3.8, 4) is 5.69 Å². The SMILES string of the molecule is Cc1nnc(NC(=O)c2ccc(-n3nnc4ccccc4c3=O)cc2)s1. The number of hydrogen-bond acceptors (Lipinski definition) is 7. The van der Waals surface area contributed by atoms with Gasteiger partial charge in [0.15, 0.2) is 0 Å². The Morgan fingerprint density at radius 1 is 1.04 bits per heavy atom. The van der Waals surface area contributed by atoms with E-state index in [1.54, 1.807) is 48.5 Å². The van der Waals surface area contributed by atoms with Crippen LogP contribution in [0.25, 0.3) is 16.6 Å². The Kier molecular flexibility index (Phi) is 3.98. The maximum absolute atomic E-state index is 12.6. The fourth-order valence-corrected chi connectivity index (χ4v) is 3.02. The minimum absolute atomic E-state index is 0.267. The molecule has 0 unspecified atom stereocenters. The average molecular weight is 364 g/mol. The first kappa shape index (κ1) is 16.0. The minimum Gasteiger partial charge on any atom is -0.296 e. The highest BCUT2D eigenvalue weighted by atomic mass is 32.1. The van der Waals surface area contributed by atoms with Crippen LogP contribution in [-0.4, -0.2) is 31.1 Å². The third-order valence-corrected chi connectivity index (χ3v) is 4.44. The Hall–Kier alpha value is -3.46. The third kappa shape index (κ3) is 2.95. The Balaban J connectivity index is 1.63. The molecule has 1 N–H and O–H groups in total. The maximum atomic E-state index is 12.6. The summed E-state index contributed by atoms with van der Waals surface area (Å²) in [4.78, 5) is 24.8. The van der Waals surface area contributed by atoms with Crippen molar-refractivity contribution >= 4 is 33.3 Å². The van der Waals surface area contributed by atoms with Crippen LogP contribution in [0.2, 0.25) is 0 Å². The van der Waals surface area contributed by atoms with Crippen molar-refractivity contribution < 1.29 is 4.79 Å². The van der Waals surface area contributed by atoms with Gasteiger partial charge in [-0.2, -0.15) is 4.68 Å². The van der Waals surface area contributed by atoms with Crippen LogP contribution in [0.4, 0.5) is 5.13 Å². The van der Waals surface area contributed by atoms with E-state index in [0.717, 1.165) is 5.01 Å². The standard InChI is InChI=1S/C17H12N6O2S/c1-10-19-21-17(26-10)18-15(24)11-6-8-12(9-7-11)23-16(25)13-4-2-3-5-14(13)20-22-23/h2-9H,1H3,(H,18,21,24). The van der Waals surface area contributed by atoms with Crippen molar-refractivity contribution in [1.29, 1.82) is 0 Å². The Labute approximate surface area is 151 Å². The van der Waals surface area contributed by atoms with E-state index in [1.807, 2.05) is 6.92 Å². The fraction of sp³-hybridized carbons (Fsp3) is 0.0588. The van der Waals surface area contributed by atoms with Crippen LogP contribution in [0.3, 0.4) is 0 Å². The molecule has 128 valence electrons. The summed E-state index contributed by atoms with van der Waals surface area (Å²) in [5.41, 5.74) is 1.23. The van der Waals surface area contributed by atoms with E-state index in [4.69, 9.17) is 0 Å². The average Bonchev–Trinajstić information content (AvgIpc) is 3.07. The number of nitrogens with one attached hydrogen (secondary N) is 1. The van der Waals surface area contributed by atoms with Gasteiger partial charge in [0.1, 0.15) is 10.5 Å². The van der Waals surface area contributed by atoms with Crippen LogP contribution in [0.1, 0.15) is 15.4 Å². The van der Waals surface area contributed by atoms with Crippen molar-refractivity contribution in [2.24, 2.45) is 0 Å². The largest absolute Gasteiger partial charge is 0.296 e. The smallest absolute Gasteiger partial charge is 0.282 e. The molecule has 0 aliphatic carbocycles.